The summed E-state index contributed by atoms with van der Waals surface area (Å²) in [6.07, 6.45) is 0. The monoisotopic (exact) mass is 287 g/mol. The minimum atomic E-state index is -0.138. The molecule has 0 bridgehead atoms. The van der Waals surface area contributed by atoms with E-state index in [2.05, 4.69) is 15.2 Å². The molecule has 0 unspecified atom stereocenters. The fourth-order valence-corrected chi connectivity index (χ4v) is 2.00. The van der Waals surface area contributed by atoms with Crippen molar-refractivity contribution in [3.8, 4) is 0 Å². The first-order valence-corrected chi connectivity index (χ1v) is 7.02. The average Bonchev–Trinajstić information content (AvgIpc) is 2.52. The molecule has 0 saturated carbocycles. The van der Waals surface area contributed by atoms with Crippen LogP contribution in [0.3, 0.4) is 0 Å². The number of nitrogens with zero attached hydrogens (tertiary/aromatic N) is 2. The van der Waals surface area contributed by atoms with Crippen molar-refractivity contribution >= 4 is 16.8 Å². The number of nitrogens with one attached hydrogen (secondary N) is 1. The molecular formula is C16H21N3O2. The minimum absolute atomic E-state index is 0.138. The van der Waals surface area contributed by atoms with E-state index in [0.717, 1.165) is 24.0 Å². The number of likely N-dealkylation sites (N-methyl/N-ethyl adjacent to an activating group) is 1. The third-order valence-electron chi connectivity index (χ3n) is 3.29. The number of benzene rings is 1. The number of amides is 1. The highest BCUT2D eigenvalue weighted by Gasteiger charge is 2.07. The maximum absolute atomic E-state index is 12.1. The quantitative estimate of drug-likeness (QED) is 0.839. The second-order valence-electron chi connectivity index (χ2n) is 4.94. The Morgan fingerprint density at radius 1 is 1.24 bits per heavy atom. The van der Waals surface area contributed by atoms with Gasteiger partial charge in [0.1, 0.15) is 5.69 Å². The van der Waals surface area contributed by atoms with E-state index in [1.54, 1.807) is 13.2 Å². The van der Waals surface area contributed by atoms with Gasteiger partial charge in [-0.1, -0.05) is 24.3 Å². The lowest BCUT2D eigenvalue weighted by Gasteiger charge is -2.16. The van der Waals surface area contributed by atoms with Gasteiger partial charge in [-0.15, -0.1) is 0 Å². The molecule has 1 amide bonds. The Morgan fingerprint density at radius 2 is 2.05 bits per heavy atom. The number of carbonyl (C=O) groups is 1. The predicted octanol–water partition coefficient (Wildman–Crippen LogP) is 1.54. The van der Waals surface area contributed by atoms with Crippen molar-refractivity contribution in [3.63, 3.8) is 0 Å². The van der Waals surface area contributed by atoms with Crippen LogP contribution in [-0.2, 0) is 4.74 Å². The zero-order chi connectivity index (χ0) is 15.1. The first-order valence-electron chi connectivity index (χ1n) is 7.02. The van der Waals surface area contributed by atoms with Crippen LogP contribution < -0.4 is 5.32 Å². The molecule has 1 aromatic heterocycles. The van der Waals surface area contributed by atoms with Crippen molar-refractivity contribution in [3.05, 3.63) is 42.1 Å². The molecule has 0 fully saturated rings. The highest BCUT2D eigenvalue weighted by atomic mass is 16.5. The first-order chi connectivity index (χ1) is 10.2. The van der Waals surface area contributed by atoms with Crippen molar-refractivity contribution in [1.82, 2.24) is 15.2 Å². The summed E-state index contributed by atoms with van der Waals surface area (Å²) >= 11 is 0. The topological polar surface area (TPSA) is 54.5 Å². The summed E-state index contributed by atoms with van der Waals surface area (Å²) in [5.74, 6) is -0.138. The fraction of sp³-hybridized carbons (Fsp3) is 0.375. The Morgan fingerprint density at radius 3 is 2.86 bits per heavy atom. The lowest BCUT2D eigenvalue weighted by Crippen LogP contribution is -2.34. The highest BCUT2D eigenvalue weighted by molar-refractivity contribution is 5.94. The maximum Gasteiger partial charge on any atom is 0.269 e. The smallest absolute Gasteiger partial charge is 0.269 e. The largest absolute Gasteiger partial charge is 0.383 e. The molecule has 1 aromatic carbocycles. The Hall–Kier alpha value is -1.98. The second-order valence-corrected chi connectivity index (χ2v) is 4.94. The standard InChI is InChI=1S/C16H21N3O2/c1-19(11-12-21-2)10-9-17-16(20)15-8-7-13-5-3-4-6-14(13)18-15/h3-8H,9-12H2,1-2H3,(H,17,20). The zero-order valence-corrected chi connectivity index (χ0v) is 12.5. The summed E-state index contributed by atoms with van der Waals surface area (Å²) in [7, 11) is 3.68. The molecule has 0 atom stereocenters. The third kappa shape index (κ3) is 4.51. The Labute approximate surface area is 124 Å². The molecule has 0 aliphatic rings. The summed E-state index contributed by atoms with van der Waals surface area (Å²) in [6, 6.07) is 11.4. The van der Waals surface area contributed by atoms with Crippen molar-refractivity contribution in [1.29, 1.82) is 0 Å². The van der Waals surface area contributed by atoms with Crippen molar-refractivity contribution in [2.45, 2.75) is 0 Å². The van der Waals surface area contributed by atoms with Gasteiger partial charge in [0.25, 0.3) is 5.91 Å². The molecule has 21 heavy (non-hydrogen) atoms. The van der Waals surface area contributed by atoms with E-state index in [0.29, 0.717) is 18.8 Å². The van der Waals surface area contributed by atoms with Gasteiger partial charge in [0.05, 0.1) is 12.1 Å². The van der Waals surface area contributed by atoms with Crippen LogP contribution in [0.5, 0.6) is 0 Å². The lowest BCUT2D eigenvalue weighted by atomic mass is 10.2. The number of hydrogen-bond acceptors (Lipinski definition) is 4. The van der Waals surface area contributed by atoms with Gasteiger partial charge in [-0.3, -0.25) is 4.79 Å². The molecule has 1 heterocycles. The van der Waals surface area contributed by atoms with Crippen LogP contribution in [-0.4, -0.2) is 56.2 Å². The van der Waals surface area contributed by atoms with Crippen molar-refractivity contribution < 1.29 is 9.53 Å². The van der Waals surface area contributed by atoms with Crippen LogP contribution in [0.15, 0.2) is 36.4 Å². The van der Waals surface area contributed by atoms with Crippen LogP contribution in [0, 0.1) is 0 Å². The molecule has 5 nitrogen and oxygen atoms in total. The molecule has 112 valence electrons. The number of pyridine rings is 1. The first kappa shape index (κ1) is 15.4. The Bertz CT molecular complexity index is 601. The maximum atomic E-state index is 12.1. The molecule has 5 heteroatoms. The van der Waals surface area contributed by atoms with Crippen molar-refractivity contribution in [2.75, 3.05) is 40.4 Å². The molecular weight excluding hydrogens is 266 g/mol. The molecule has 0 aliphatic heterocycles. The molecule has 0 saturated heterocycles. The van der Waals surface area contributed by atoms with E-state index < -0.39 is 0 Å². The number of ether oxygens (including phenoxy) is 1. The fourth-order valence-electron chi connectivity index (χ4n) is 2.00. The molecule has 2 aromatic rings. The lowest BCUT2D eigenvalue weighted by molar-refractivity contribution is 0.0943. The molecule has 0 radical (unpaired) electrons. The average molecular weight is 287 g/mol. The molecule has 2 rings (SSSR count). The van der Waals surface area contributed by atoms with Gasteiger partial charge in [-0.25, -0.2) is 4.98 Å². The molecule has 1 N–H and O–H groups in total. The van der Waals surface area contributed by atoms with Gasteiger partial charge < -0.3 is 15.0 Å². The Balaban J connectivity index is 1.87. The number of carbonyl (C=O) groups excluding carboxylic acids is 1. The summed E-state index contributed by atoms with van der Waals surface area (Å²) in [5, 5.41) is 3.92. The summed E-state index contributed by atoms with van der Waals surface area (Å²) in [6.45, 7) is 2.91. The van der Waals surface area contributed by atoms with E-state index in [9.17, 15) is 4.79 Å². The van der Waals surface area contributed by atoms with Crippen LogP contribution in [0.1, 0.15) is 10.5 Å². The van der Waals surface area contributed by atoms with Crippen LogP contribution in [0.4, 0.5) is 0 Å². The van der Waals surface area contributed by atoms with Gasteiger partial charge in [0.2, 0.25) is 0 Å². The number of hydrogen-bond donors (Lipinski definition) is 1. The highest BCUT2D eigenvalue weighted by Crippen LogP contribution is 2.11. The number of methoxy groups -OCH3 is 1. The van der Waals surface area contributed by atoms with Gasteiger partial charge in [0, 0.05) is 32.1 Å². The summed E-state index contributed by atoms with van der Waals surface area (Å²) < 4.78 is 5.01. The van der Waals surface area contributed by atoms with Crippen LogP contribution in [0.2, 0.25) is 0 Å². The van der Waals surface area contributed by atoms with Gasteiger partial charge >= 0.3 is 0 Å². The van der Waals surface area contributed by atoms with Crippen LogP contribution >= 0.6 is 0 Å². The number of aromatic nitrogens is 1. The van der Waals surface area contributed by atoms with Gasteiger partial charge in [0.15, 0.2) is 0 Å². The van der Waals surface area contributed by atoms with E-state index in [-0.39, 0.29) is 5.91 Å². The Kier molecular flexibility index (Phi) is 5.66. The van der Waals surface area contributed by atoms with Gasteiger partial charge in [-0.2, -0.15) is 0 Å². The minimum Gasteiger partial charge on any atom is -0.383 e. The molecule has 0 spiro atoms. The van der Waals surface area contributed by atoms with E-state index in [1.807, 2.05) is 37.4 Å². The number of rotatable bonds is 7. The SMILES string of the molecule is COCCN(C)CCNC(=O)c1ccc2ccccc2n1. The number of fused-ring (bicyclic) bond motifs is 1. The van der Waals surface area contributed by atoms with Crippen molar-refractivity contribution in [2.24, 2.45) is 0 Å². The third-order valence-corrected chi connectivity index (χ3v) is 3.29. The van der Waals surface area contributed by atoms with E-state index in [1.165, 1.54) is 0 Å². The summed E-state index contributed by atoms with van der Waals surface area (Å²) in [5.41, 5.74) is 1.29. The molecule has 0 aliphatic carbocycles. The zero-order valence-electron chi connectivity index (χ0n) is 12.5. The van der Waals surface area contributed by atoms with Gasteiger partial charge in [-0.05, 0) is 19.2 Å². The van der Waals surface area contributed by atoms with E-state index >= 15 is 0 Å². The summed E-state index contributed by atoms with van der Waals surface area (Å²) in [4.78, 5) is 18.6. The second kappa shape index (κ2) is 7.71. The normalized spacial score (nSPS) is 11.0. The predicted molar refractivity (Wildman–Crippen MR) is 83.4 cm³/mol. The van der Waals surface area contributed by atoms with Crippen LogP contribution in [0.25, 0.3) is 10.9 Å². The van der Waals surface area contributed by atoms with E-state index in [4.69, 9.17) is 4.74 Å². The number of para-hydroxylation sites is 1.